The van der Waals surface area contributed by atoms with Crippen LogP contribution in [0.15, 0.2) is 27.6 Å². The molecule has 0 aromatic heterocycles. The molecule has 4 nitrogen and oxygen atoms in total. The lowest BCUT2D eigenvalue weighted by molar-refractivity contribution is 0.0908. The first kappa shape index (κ1) is 17.5. The van der Waals surface area contributed by atoms with Gasteiger partial charge in [-0.25, -0.2) is 8.42 Å². The molecule has 0 bridgehead atoms. The summed E-state index contributed by atoms with van der Waals surface area (Å²) in [4.78, 5) is 12.2. The summed E-state index contributed by atoms with van der Waals surface area (Å²) >= 11 is 3.25. The molecule has 0 fully saturated rings. The predicted octanol–water partition coefficient (Wildman–Crippen LogP) is 3.69. The van der Waals surface area contributed by atoms with Gasteiger partial charge in [0.25, 0.3) is 15.0 Å². The molecule has 0 spiro atoms. The van der Waals surface area contributed by atoms with E-state index in [0.29, 0.717) is 4.47 Å². The summed E-state index contributed by atoms with van der Waals surface area (Å²) in [6.07, 6.45) is 1.76. The van der Waals surface area contributed by atoms with Gasteiger partial charge in [-0.3, -0.25) is 4.79 Å². The molecule has 1 rings (SSSR count). The fourth-order valence-electron chi connectivity index (χ4n) is 1.89. The van der Waals surface area contributed by atoms with Crippen molar-refractivity contribution in [2.75, 3.05) is 0 Å². The van der Waals surface area contributed by atoms with Crippen LogP contribution in [0.1, 0.15) is 44.0 Å². The third-order valence-corrected chi connectivity index (χ3v) is 4.83. The van der Waals surface area contributed by atoms with Crippen molar-refractivity contribution < 1.29 is 13.2 Å². The Morgan fingerprint density at radius 1 is 1.40 bits per heavy atom. The highest BCUT2D eigenvalue weighted by molar-refractivity contribution is 9.10. The Hall–Kier alpha value is -0.590. The molecule has 1 aromatic carbocycles. The average molecular weight is 383 g/mol. The summed E-state index contributed by atoms with van der Waals surface area (Å²) in [6, 6.07) is 4.11. The fourth-order valence-corrected chi connectivity index (χ4v) is 3.10. The predicted molar refractivity (Wildman–Crippen MR) is 83.6 cm³/mol. The molecule has 0 unspecified atom stereocenters. The zero-order valence-electron chi connectivity index (χ0n) is 11.5. The van der Waals surface area contributed by atoms with E-state index in [1.807, 2.05) is 20.8 Å². The van der Waals surface area contributed by atoms with Crippen molar-refractivity contribution in [3.8, 4) is 0 Å². The Morgan fingerprint density at radius 2 is 2.00 bits per heavy atom. The van der Waals surface area contributed by atoms with Crippen LogP contribution in [0.3, 0.4) is 0 Å². The molecule has 0 aliphatic heterocycles. The molecular weight excluding hydrogens is 366 g/mol. The second-order valence-corrected chi connectivity index (χ2v) is 8.59. The van der Waals surface area contributed by atoms with Gasteiger partial charge in [0.05, 0.1) is 10.5 Å². The van der Waals surface area contributed by atoms with Crippen molar-refractivity contribution in [2.45, 2.75) is 44.0 Å². The number of hydrogen-bond donors (Lipinski definition) is 1. The number of rotatable bonds is 5. The molecule has 112 valence electrons. The second-order valence-electron chi connectivity index (χ2n) is 5.17. The maximum Gasteiger partial charge on any atom is 0.261 e. The summed E-state index contributed by atoms with van der Waals surface area (Å²) in [6.45, 7) is 5.87. The molecular formula is C13H17BrClNO3S. The second kappa shape index (κ2) is 6.45. The van der Waals surface area contributed by atoms with E-state index in [0.717, 1.165) is 12.8 Å². The van der Waals surface area contributed by atoms with E-state index in [1.54, 1.807) is 0 Å². The molecule has 0 saturated heterocycles. The van der Waals surface area contributed by atoms with Crippen LogP contribution in [0, 0.1) is 0 Å². The fraction of sp³-hybridized carbons (Fsp3) is 0.462. The minimum Gasteiger partial charge on any atom is -0.347 e. The zero-order valence-corrected chi connectivity index (χ0v) is 14.7. The van der Waals surface area contributed by atoms with Crippen molar-refractivity contribution in [1.82, 2.24) is 5.32 Å². The first-order valence-corrected chi connectivity index (χ1v) is 9.24. The Bertz CT molecular complexity index is 614. The maximum absolute atomic E-state index is 12.3. The van der Waals surface area contributed by atoms with Crippen molar-refractivity contribution in [1.29, 1.82) is 0 Å². The monoisotopic (exact) mass is 381 g/mol. The molecule has 1 N–H and O–H groups in total. The first-order chi connectivity index (χ1) is 9.07. The highest BCUT2D eigenvalue weighted by Crippen LogP contribution is 2.24. The Kier molecular flexibility index (Phi) is 5.63. The van der Waals surface area contributed by atoms with E-state index in [2.05, 4.69) is 21.2 Å². The van der Waals surface area contributed by atoms with E-state index < -0.39 is 9.05 Å². The molecule has 1 aromatic rings. The van der Waals surface area contributed by atoms with Crippen LogP contribution in [0.2, 0.25) is 0 Å². The molecule has 0 heterocycles. The molecule has 20 heavy (non-hydrogen) atoms. The van der Waals surface area contributed by atoms with Gasteiger partial charge in [0.2, 0.25) is 0 Å². The molecule has 0 radical (unpaired) electrons. The van der Waals surface area contributed by atoms with E-state index in [4.69, 9.17) is 10.7 Å². The molecule has 1 amide bonds. The number of halogens is 2. The van der Waals surface area contributed by atoms with E-state index in [9.17, 15) is 13.2 Å². The standard InChI is InChI=1S/C13H17BrClNO3S/c1-4-7-13(2,3)16-12(17)10-8-9(20(15,18)19)5-6-11(10)14/h5-6,8H,4,7H2,1-3H3,(H,16,17). The lowest BCUT2D eigenvalue weighted by Crippen LogP contribution is -2.43. The smallest absolute Gasteiger partial charge is 0.261 e. The molecule has 0 atom stereocenters. The number of hydrogen-bond acceptors (Lipinski definition) is 3. The molecule has 0 aliphatic rings. The van der Waals surface area contributed by atoms with Gasteiger partial charge in [0.15, 0.2) is 0 Å². The van der Waals surface area contributed by atoms with Gasteiger partial charge in [-0.1, -0.05) is 13.3 Å². The van der Waals surface area contributed by atoms with Crippen LogP contribution in [0.25, 0.3) is 0 Å². The number of amides is 1. The van der Waals surface area contributed by atoms with E-state index >= 15 is 0 Å². The Balaban J connectivity index is 3.10. The maximum atomic E-state index is 12.3. The lowest BCUT2D eigenvalue weighted by Gasteiger charge is -2.26. The lowest BCUT2D eigenvalue weighted by atomic mass is 9.98. The van der Waals surface area contributed by atoms with Crippen LogP contribution >= 0.6 is 26.6 Å². The van der Waals surface area contributed by atoms with Crippen molar-refractivity contribution in [2.24, 2.45) is 0 Å². The minimum absolute atomic E-state index is 0.0965. The van der Waals surface area contributed by atoms with Gasteiger partial charge < -0.3 is 5.32 Å². The van der Waals surface area contributed by atoms with Crippen molar-refractivity contribution in [3.05, 3.63) is 28.2 Å². The van der Waals surface area contributed by atoms with Crippen LogP contribution in [-0.4, -0.2) is 19.9 Å². The van der Waals surface area contributed by atoms with Crippen molar-refractivity contribution >= 4 is 41.6 Å². The van der Waals surface area contributed by atoms with Gasteiger partial charge in [-0.05, 0) is 54.4 Å². The topological polar surface area (TPSA) is 63.2 Å². The number of carbonyl (C=O) groups excluding carboxylic acids is 1. The largest absolute Gasteiger partial charge is 0.347 e. The van der Waals surface area contributed by atoms with Gasteiger partial charge in [-0.2, -0.15) is 0 Å². The zero-order chi connectivity index (χ0) is 15.6. The number of carbonyl (C=O) groups is 1. The SMILES string of the molecule is CCCC(C)(C)NC(=O)c1cc(S(=O)(=O)Cl)ccc1Br. The summed E-state index contributed by atoms with van der Waals surface area (Å²) in [5, 5.41) is 2.89. The highest BCUT2D eigenvalue weighted by atomic mass is 79.9. The average Bonchev–Trinajstić information content (AvgIpc) is 2.26. The Morgan fingerprint density at radius 3 is 2.50 bits per heavy atom. The normalized spacial score (nSPS) is 12.2. The van der Waals surface area contributed by atoms with Crippen LogP contribution in [0.5, 0.6) is 0 Å². The van der Waals surface area contributed by atoms with Gasteiger partial charge in [0, 0.05) is 20.7 Å². The summed E-state index contributed by atoms with van der Waals surface area (Å²) < 4.78 is 23.2. The van der Waals surface area contributed by atoms with E-state index in [1.165, 1.54) is 18.2 Å². The summed E-state index contributed by atoms with van der Waals surface area (Å²) in [5.74, 6) is -0.336. The minimum atomic E-state index is -3.86. The van der Waals surface area contributed by atoms with Crippen LogP contribution in [0.4, 0.5) is 0 Å². The molecule has 0 aliphatic carbocycles. The van der Waals surface area contributed by atoms with Crippen LogP contribution in [-0.2, 0) is 9.05 Å². The Labute approximate surface area is 132 Å². The van der Waals surface area contributed by atoms with Crippen LogP contribution < -0.4 is 5.32 Å². The summed E-state index contributed by atoms with van der Waals surface area (Å²) in [7, 11) is 1.44. The van der Waals surface area contributed by atoms with Gasteiger partial charge in [-0.15, -0.1) is 0 Å². The quantitative estimate of drug-likeness (QED) is 0.790. The molecule has 0 saturated carbocycles. The number of nitrogens with one attached hydrogen (secondary N) is 1. The third-order valence-electron chi connectivity index (χ3n) is 2.79. The third kappa shape index (κ3) is 4.75. The molecule has 7 heteroatoms. The first-order valence-electron chi connectivity index (χ1n) is 6.13. The number of benzene rings is 1. The van der Waals surface area contributed by atoms with Gasteiger partial charge >= 0.3 is 0 Å². The van der Waals surface area contributed by atoms with Crippen molar-refractivity contribution in [3.63, 3.8) is 0 Å². The highest BCUT2D eigenvalue weighted by Gasteiger charge is 2.22. The van der Waals surface area contributed by atoms with E-state index in [-0.39, 0.29) is 21.9 Å². The van der Waals surface area contributed by atoms with Gasteiger partial charge in [0.1, 0.15) is 0 Å². The summed E-state index contributed by atoms with van der Waals surface area (Å²) in [5.41, 5.74) is -0.114.